The van der Waals surface area contributed by atoms with E-state index in [1.807, 2.05) is 18.2 Å². The van der Waals surface area contributed by atoms with Crippen LogP contribution in [0.2, 0.25) is 0 Å². The van der Waals surface area contributed by atoms with Gasteiger partial charge in [0, 0.05) is 18.0 Å². The van der Waals surface area contributed by atoms with Gasteiger partial charge in [0.05, 0.1) is 12.1 Å². The lowest BCUT2D eigenvalue weighted by Gasteiger charge is -2.30. The molecule has 3 aliphatic rings. The first-order chi connectivity index (χ1) is 25.1. The number of ether oxygens (including phenoxy) is 1. The van der Waals surface area contributed by atoms with Crippen molar-refractivity contribution in [2.45, 2.75) is 74.8 Å². The molecule has 1 saturated heterocycles. The first kappa shape index (κ1) is 34.9. The minimum atomic E-state index is -4.57. The predicted octanol–water partition coefficient (Wildman–Crippen LogP) is 6.18. The molecule has 14 heteroatoms. The highest BCUT2D eigenvalue weighted by Gasteiger charge is 2.61. The van der Waals surface area contributed by atoms with Gasteiger partial charge in [-0.05, 0) is 68.1 Å². The summed E-state index contributed by atoms with van der Waals surface area (Å²) in [5.41, 5.74) is 1.51. The van der Waals surface area contributed by atoms with E-state index < -0.39 is 53.2 Å². The number of amides is 3. The minimum absolute atomic E-state index is 0.0262. The van der Waals surface area contributed by atoms with Gasteiger partial charge in [-0.1, -0.05) is 61.4 Å². The van der Waals surface area contributed by atoms with Crippen LogP contribution in [0.1, 0.15) is 50.5 Å². The number of alkyl halides is 3. The van der Waals surface area contributed by atoms with Crippen molar-refractivity contribution in [1.82, 2.24) is 20.7 Å². The van der Waals surface area contributed by atoms with E-state index in [-0.39, 0.29) is 30.6 Å². The summed E-state index contributed by atoms with van der Waals surface area (Å²) in [5.74, 6) is -1.49. The van der Waals surface area contributed by atoms with E-state index in [2.05, 4.69) is 21.1 Å². The van der Waals surface area contributed by atoms with E-state index in [4.69, 9.17) is 14.0 Å². The molecule has 4 aromatic rings. The monoisotopic (exact) mass is 717 g/mol. The molecule has 1 saturated carbocycles. The van der Waals surface area contributed by atoms with Crippen LogP contribution in [0, 0.1) is 5.92 Å². The first-order valence-corrected chi connectivity index (χ1v) is 17.4. The lowest BCUT2D eigenvalue weighted by atomic mass is 10.0. The number of aromatic nitrogens is 1. The van der Waals surface area contributed by atoms with E-state index >= 15 is 0 Å². The fourth-order valence-corrected chi connectivity index (χ4v) is 6.88. The molecule has 11 nitrogen and oxygen atoms in total. The van der Waals surface area contributed by atoms with Crippen molar-refractivity contribution in [3.63, 3.8) is 0 Å². The number of benzene rings is 3. The molecule has 1 aliphatic carbocycles. The van der Waals surface area contributed by atoms with Gasteiger partial charge in [-0.3, -0.25) is 14.4 Å². The van der Waals surface area contributed by atoms with Crippen LogP contribution in [0.5, 0.6) is 11.8 Å². The van der Waals surface area contributed by atoms with Crippen molar-refractivity contribution < 1.29 is 41.5 Å². The lowest BCUT2D eigenvalue weighted by Crippen LogP contribution is -2.57. The van der Waals surface area contributed by atoms with Crippen molar-refractivity contribution in [3.05, 3.63) is 96.6 Å². The Kier molecular flexibility index (Phi) is 9.80. The van der Waals surface area contributed by atoms with E-state index in [1.54, 1.807) is 48.5 Å². The second-order valence-electron chi connectivity index (χ2n) is 13.4. The molecule has 3 heterocycles. The summed E-state index contributed by atoms with van der Waals surface area (Å²) in [5, 5.41) is 5.97. The van der Waals surface area contributed by atoms with Gasteiger partial charge in [0.15, 0.2) is 11.3 Å². The molecule has 0 bridgehead atoms. The topological polar surface area (TPSA) is 135 Å². The Morgan fingerprint density at radius 3 is 2.62 bits per heavy atom. The summed E-state index contributed by atoms with van der Waals surface area (Å²) in [6.45, 7) is -0.0317. The third-order valence-corrected chi connectivity index (χ3v) is 9.72. The summed E-state index contributed by atoms with van der Waals surface area (Å²) < 4.78 is 52.6. The molecule has 272 valence electrons. The van der Waals surface area contributed by atoms with Crippen molar-refractivity contribution in [2.24, 2.45) is 5.92 Å². The zero-order chi connectivity index (χ0) is 36.3. The highest BCUT2D eigenvalue weighted by Crippen LogP contribution is 2.45. The Bertz CT molecular complexity index is 1920. The molecule has 3 N–H and O–H groups in total. The highest BCUT2D eigenvalue weighted by atomic mass is 19.4. The van der Waals surface area contributed by atoms with Gasteiger partial charge in [0.2, 0.25) is 11.8 Å². The number of carbonyl (C=O) groups excluding carboxylic acids is 3. The standard InChI is InChI=1S/C38H38F3N5O6/c39-38(40,41)24-13-11-14-26(20-24)42-30-18-8-3-1-2-5-12-25-22-37(25,35(49)45-52-27-15-6-4-7-16-27)44-33(47)31-21-28(23-46(31)34(30)48)50-36-43-29-17-9-10-19-32(29)51-36/h4-7,9-17,19-20,25,28,30-31,42H,1-3,8,18,21-23H2,(H,44,47)(H,45,49)/b12-5-/t25-,28+,30-,31-,37+/m0/s1. The number of hydrogen-bond acceptors (Lipinski definition) is 8. The highest BCUT2D eigenvalue weighted by molar-refractivity contribution is 5.98. The Hall–Kier alpha value is -5.53. The normalized spacial score (nSPS) is 25.9. The van der Waals surface area contributed by atoms with E-state index in [0.29, 0.717) is 42.5 Å². The zero-order valence-corrected chi connectivity index (χ0v) is 28.1. The van der Waals surface area contributed by atoms with Gasteiger partial charge < -0.3 is 29.5 Å². The number of rotatable bonds is 7. The largest absolute Gasteiger partial charge is 0.445 e. The number of oxazole rings is 1. The quantitative estimate of drug-likeness (QED) is 0.153. The van der Waals surface area contributed by atoms with Crippen molar-refractivity contribution >= 4 is 34.5 Å². The Balaban J connectivity index is 1.17. The number of nitrogens with zero attached hydrogens (tertiary/aromatic N) is 2. The molecule has 7 rings (SSSR count). The van der Waals surface area contributed by atoms with Gasteiger partial charge in [-0.2, -0.15) is 23.6 Å². The Morgan fingerprint density at radius 2 is 1.81 bits per heavy atom. The molecule has 2 aliphatic heterocycles. The number of halogens is 3. The molecular formula is C38H38F3N5O6. The van der Waals surface area contributed by atoms with Crippen LogP contribution < -0.4 is 25.7 Å². The Labute approximate surface area is 297 Å². The van der Waals surface area contributed by atoms with E-state index in [9.17, 15) is 27.6 Å². The number of carbonyl (C=O) groups is 3. The maximum Gasteiger partial charge on any atom is 0.416 e. The summed E-state index contributed by atoms with van der Waals surface area (Å²) in [4.78, 5) is 53.7. The molecular weight excluding hydrogens is 679 g/mol. The zero-order valence-electron chi connectivity index (χ0n) is 28.1. The molecule has 3 amide bonds. The maximum absolute atomic E-state index is 14.5. The minimum Gasteiger partial charge on any atom is -0.445 e. The number of fused-ring (bicyclic) bond motifs is 3. The third kappa shape index (κ3) is 7.70. The van der Waals surface area contributed by atoms with E-state index in [1.165, 1.54) is 17.0 Å². The number of para-hydroxylation sites is 3. The van der Waals surface area contributed by atoms with Gasteiger partial charge >= 0.3 is 12.3 Å². The molecule has 52 heavy (non-hydrogen) atoms. The summed E-state index contributed by atoms with van der Waals surface area (Å²) in [6, 6.07) is 18.4. The van der Waals surface area contributed by atoms with Gasteiger partial charge in [0.25, 0.3) is 5.91 Å². The number of anilines is 1. The fourth-order valence-electron chi connectivity index (χ4n) is 6.88. The van der Waals surface area contributed by atoms with Gasteiger partial charge in [0.1, 0.15) is 29.2 Å². The van der Waals surface area contributed by atoms with Crippen molar-refractivity contribution in [2.75, 3.05) is 11.9 Å². The predicted molar refractivity (Wildman–Crippen MR) is 184 cm³/mol. The molecule has 0 spiro atoms. The second kappa shape index (κ2) is 14.6. The lowest BCUT2D eigenvalue weighted by molar-refractivity contribution is -0.141. The van der Waals surface area contributed by atoms with Crippen LogP contribution in [0.25, 0.3) is 11.1 Å². The molecule has 5 atom stereocenters. The Morgan fingerprint density at radius 1 is 1.00 bits per heavy atom. The van der Waals surface area contributed by atoms with Crippen LogP contribution in [-0.4, -0.2) is 57.9 Å². The maximum atomic E-state index is 14.5. The first-order valence-electron chi connectivity index (χ1n) is 17.4. The van der Waals surface area contributed by atoms with Crippen molar-refractivity contribution in [3.8, 4) is 11.8 Å². The number of hydroxylamine groups is 1. The van der Waals surface area contributed by atoms with Crippen LogP contribution in [0.4, 0.5) is 18.9 Å². The number of nitrogens with one attached hydrogen (secondary N) is 3. The molecule has 0 radical (unpaired) electrons. The summed E-state index contributed by atoms with van der Waals surface area (Å²) in [7, 11) is 0. The van der Waals surface area contributed by atoms with Crippen molar-refractivity contribution in [1.29, 1.82) is 0 Å². The average Bonchev–Trinajstić information content (AvgIpc) is 3.43. The molecule has 2 fully saturated rings. The number of hydrogen-bond donors (Lipinski definition) is 3. The summed E-state index contributed by atoms with van der Waals surface area (Å²) >= 11 is 0. The second-order valence-corrected chi connectivity index (χ2v) is 13.4. The van der Waals surface area contributed by atoms with Gasteiger partial charge in [-0.25, -0.2) is 0 Å². The molecule has 0 unspecified atom stereocenters. The SMILES string of the molecule is O=C1N[C@]2(C(=O)NOc3ccccc3)C[C@@H]2/C=C\CCCCC[C@H](Nc2cccc(C(F)(F)F)c2)C(=O)N2C[C@H](Oc3nc4ccccc4o3)C[C@@H]12. The summed E-state index contributed by atoms with van der Waals surface area (Å²) in [6.07, 6.45) is 2.15. The fraction of sp³-hybridized carbons (Fsp3) is 0.368. The van der Waals surface area contributed by atoms with Gasteiger partial charge in [-0.15, -0.1) is 0 Å². The average molecular weight is 718 g/mol. The molecule has 1 aromatic heterocycles. The smallest absolute Gasteiger partial charge is 0.416 e. The van der Waals surface area contributed by atoms with Crippen LogP contribution in [-0.2, 0) is 20.6 Å². The van der Waals surface area contributed by atoms with Crippen LogP contribution in [0.3, 0.4) is 0 Å². The van der Waals surface area contributed by atoms with E-state index in [0.717, 1.165) is 25.0 Å². The number of allylic oxidation sites excluding steroid dienone is 1. The third-order valence-electron chi connectivity index (χ3n) is 9.72. The molecule has 3 aromatic carbocycles. The van der Waals surface area contributed by atoms with Crippen LogP contribution in [0.15, 0.2) is 95.4 Å². The van der Waals surface area contributed by atoms with Crippen LogP contribution >= 0.6 is 0 Å².